The largest absolute Gasteiger partial charge is 0.379 e. The van der Waals surface area contributed by atoms with Gasteiger partial charge >= 0.3 is 0 Å². The SMILES string of the molecule is Cc1cc(-c2cccnc2)c(C#N)c2nc(CCN3CCOCC3)nn12. The van der Waals surface area contributed by atoms with Crippen LogP contribution < -0.4 is 0 Å². The highest BCUT2D eigenvalue weighted by atomic mass is 16.5. The van der Waals surface area contributed by atoms with Gasteiger partial charge in [-0.05, 0) is 19.1 Å². The molecule has 0 unspecified atom stereocenters. The van der Waals surface area contributed by atoms with E-state index in [1.165, 1.54) is 0 Å². The van der Waals surface area contributed by atoms with E-state index in [9.17, 15) is 5.26 Å². The standard InChI is InChI=1S/C19H20N6O/c1-14-11-16(15-3-2-5-21-13-15)17(12-20)19-22-18(23-25(14)19)4-6-24-7-9-26-10-8-24/h2-3,5,11,13H,4,6-10H2,1H3. The van der Waals surface area contributed by atoms with Gasteiger partial charge in [-0.25, -0.2) is 9.50 Å². The monoisotopic (exact) mass is 348 g/mol. The van der Waals surface area contributed by atoms with Crippen LogP contribution in [0.4, 0.5) is 0 Å². The highest BCUT2D eigenvalue weighted by Gasteiger charge is 2.17. The lowest BCUT2D eigenvalue weighted by atomic mass is 10.0. The Balaban J connectivity index is 1.68. The van der Waals surface area contributed by atoms with Crippen molar-refractivity contribution in [1.82, 2.24) is 24.5 Å². The second kappa shape index (κ2) is 7.20. The Morgan fingerprint density at radius 1 is 1.31 bits per heavy atom. The third-order valence-electron chi connectivity index (χ3n) is 4.67. The maximum absolute atomic E-state index is 9.74. The van der Waals surface area contributed by atoms with Gasteiger partial charge in [0.1, 0.15) is 11.6 Å². The molecule has 0 saturated carbocycles. The van der Waals surface area contributed by atoms with Gasteiger partial charge in [-0.3, -0.25) is 9.88 Å². The highest BCUT2D eigenvalue weighted by Crippen LogP contribution is 2.26. The third kappa shape index (κ3) is 3.17. The summed E-state index contributed by atoms with van der Waals surface area (Å²) in [6.45, 7) is 6.34. The second-order valence-electron chi connectivity index (χ2n) is 6.40. The molecule has 4 heterocycles. The van der Waals surface area contributed by atoms with Crippen LogP contribution in [0.5, 0.6) is 0 Å². The molecular weight excluding hydrogens is 328 g/mol. The number of nitrogens with zero attached hydrogens (tertiary/aromatic N) is 6. The Morgan fingerprint density at radius 2 is 2.15 bits per heavy atom. The number of hydrogen-bond acceptors (Lipinski definition) is 6. The minimum atomic E-state index is 0.536. The summed E-state index contributed by atoms with van der Waals surface area (Å²) in [5.74, 6) is 0.763. The van der Waals surface area contributed by atoms with Gasteiger partial charge in [-0.1, -0.05) is 6.07 Å². The van der Waals surface area contributed by atoms with Gasteiger partial charge < -0.3 is 4.74 Å². The summed E-state index contributed by atoms with van der Waals surface area (Å²) >= 11 is 0. The molecule has 3 aromatic heterocycles. The molecule has 4 rings (SSSR count). The molecule has 0 bridgehead atoms. The molecule has 1 aliphatic rings. The van der Waals surface area contributed by atoms with Crippen molar-refractivity contribution in [2.75, 3.05) is 32.8 Å². The first-order valence-corrected chi connectivity index (χ1v) is 8.76. The number of fused-ring (bicyclic) bond motifs is 1. The molecule has 7 heteroatoms. The van der Waals surface area contributed by atoms with E-state index < -0.39 is 0 Å². The summed E-state index contributed by atoms with van der Waals surface area (Å²) in [7, 11) is 0. The van der Waals surface area contributed by atoms with E-state index in [4.69, 9.17) is 4.74 Å². The average molecular weight is 348 g/mol. The zero-order chi connectivity index (χ0) is 17.9. The van der Waals surface area contributed by atoms with Gasteiger partial charge in [0, 0.05) is 55.3 Å². The molecule has 0 N–H and O–H groups in total. The van der Waals surface area contributed by atoms with Crippen molar-refractivity contribution >= 4 is 5.65 Å². The Morgan fingerprint density at radius 3 is 2.88 bits per heavy atom. The Labute approximate surface area is 151 Å². The molecule has 1 saturated heterocycles. The summed E-state index contributed by atoms with van der Waals surface area (Å²) in [6.07, 6.45) is 4.25. The average Bonchev–Trinajstić information content (AvgIpc) is 3.13. The lowest BCUT2D eigenvalue weighted by Crippen LogP contribution is -2.37. The molecule has 0 radical (unpaired) electrons. The van der Waals surface area contributed by atoms with Crippen LogP contribution in [0.2, 0.25) is 0 Å². The van der Waals surface area contributed by atoms with E-state index in [0.717, 1.165) is 61.9 Å². The van der Waals surface area contributed by atoms with Crippen LogP contribution >= 0.6 is 0 Å². The minimum absolute atomic E-state index is 0.536. The van der Waals surface area contributed by atoms with E-state index in [0.29, 0.717) is 11.2 Å². The Bertz CT molecular complexity index is 954. The van der Waals surface area contributed by atoms with Crippen LogP contribution in [0.3, 0.4) is 0 Å². The number of rotatable bonds is 4. The molecule has 132 valence electrons. The van der Waals surface area contributed by atoms with Gasteiger partial charge in [0.2, 0.25) is 0 Å². The molecule has 26 heavy (non-hydrogen) atoms. The third-order valence-corrected chi connectivity index (χ3v) is 4.67. The van der Waals surface area contributed by atoms with Gasteiger partial charge in [0.05, 0.1) is 13.2 Å². The molecule has 0 atom stereocenters. The van der Waals surface area contributed by atoms with E-state index in [-0.39, 0.29) is 0 Å². The maximum atomic E-state index is 9.74. The zero-order valence-corrected chi connectivity index (χ0v) is 14.7. The van der Waals surface area contributed by atoms with Crippen LogP contribution in [0.15, 0.2) is 30.6 Å². The first-order valence-electron chi connectivity index (χ1n) is 8.76. The smallest absolute Gasteiger partial charge is 0.174 e. The molecule has 0 aromatic carbocycles. The van der Waals surface area contributed by atoms with Gasteiger partial charge in [-0.2, -0.15) is 10.4 Å². The van der Waals surface area contributed by atoms with Crippen LogP contribution in [-0.4, -0.2) is 57.3 Å². The van der Waals surface area contributed by atoms with Crippen molar-refractivity contribution in [2.45, 2.75) is 13.3 Å². The summed E-state index contributed by atoms with van der Waals surface area (Å²) in [6, 6.07) is 8.10. The number of aromatic nitrogens is 4. The zero-order valence-electron chi connectivity index (χ0n) is 14.7. The van der Waals surface area contributed by atoms with Crippen molar-refractivity contribution < 1.29 is 4.74 Å². The summed E-state index contributed by atoms with van der Waals surface area (Å²) in [5.41, 5.74) is 3.85. The van der Waals surface area contributed by atoms with Crippen molar-refractivity contribution in [1.29, 1.82) is 5.26 Å². The predicted octanol–water partition coefficient (Wildman–Crippen LogP) is 1.85. The fraction of sp³-hybridized carbons (Fsp3) is 0.368. The molecular formula is C19H20N6O. The summed E-state index contributed by atoms with van der Waals surface area (Å²) < 4.78 is 7.15. The fourth-order valence-corrected chi connectivity index (χ4v) is 3.27. The molecule has 1 aliphatic heterocycles. The van der Waals surface area contributed by atoms with Gasteiger partial charge in [0.15, 0.2) is 11.5 Å². The minimum Gasteiger partial charge on any atom is -0.379 e. The topological polar surface area (TPSA) is 79.3 Å². The lowest BCUT2D eigenvalue weighted by Gasteiger charge is -2.25. The summed E-state index contributed by atoms with van der Waals surface area (Å²) in [5, 5.41) is 14.4. The van der Waals surface area contributed by atoms with Crippen molar-refractivity contribution in [3.63, 3.8) is 0 Å². The molecule has 0 aliphatic carbocycles. The second-order valence-corrected chi connectivity index (χ2v) is 6.40. The van der Waals surface area contributed by atoms with E-state index in [1.54, 1.807) is 16.9 Å². The molecule has 1 fully saturated rings. The number of nitriles is 1. The van der Waals surface area contributed by atoms with Crippen molar-refractivity contribution in [3.05, 3.63) is 47.7 Å². The lowest BCUT2D eigenvalue weighted by molar-refractivity contribution is 0.0382. The predicted molar refractivity (Wildman–Crippen MR) is 96.6 cm³/mol. The number of pyridine rings is 2. The molecule has 0 spiro atoms. The molecule has 3 aromatic rings. The van der Waals surface area contributed by atoms with Crippen molar-refractivity contribution in [3.8, 4) is 17.2 Å². The fourth-order valence-electron chi connectivity index (χ4n) is 3.27. The number of morpholine rings is 1. The highest BCUT2D eigenvalue weighted by molar-refractivity contribution is 5.77. The van der Waals surface area contributed by atoms with E-state index in [2.05, 4.69) is 26.0 Å². The molecule has 7 nitrogen and oxygen atoms in total. The normalized spacial score (nSPS) is 15.2. The van der Waals surface area contributed by atoms with E-state index >= 15 is 0 Å². The quantitative estimate of drug-likeness (QED) is 0.716. The van der Waals surface area contributed by atoms with Crippen LogP contribution in [0.1, 0.15) is 17.1 Å². The first-order chi connectivity index (χ1) is 12.8. The van der Waals surface area contributed by atoms with Gasteiger partial charge in [-0.15, -0.1) is 0 Å². The number of hydrogen-bond donors (Lipinski definition) is 0. The van der Waals surface area contributed by atoms with Gasteiger partial charge in [0.25, 0.3) is 0 Å². The first kappa shape index (κ1) is 16.6. The maximum Gasteiger partial charge on any atom is 0.174 e. The van der Waals surface area contributed by atoms with Crippen LogP contribution in [-0.2, 0) is 11.2 Å². The Kier molecular flexibility index (Phi) is 4.61. The summed E-state index contributed by atoms with van der Waals surface area (Å²) in [4.78, 5) is 11.2. The van der Waals surface area contributed by atoms with Crippen LogP contribution in [0, 0.1) is 18.3 Å². The number of aryl methyl sites for hydroxylation is 1. The number of ether oxygens (including phenoxy) is 1. The Hall–Kier alpha value is -2.82. The van der Waals surface area contributed by atoms with Crippen molar-refractivity contribution in [2.24, 2.45) is 0 Å². The molecule has 0 amide bonds. The van der Waals surface area contributed by atoms with Crippen LogP contribution in [0.25, 0.3) is 16.8 Å². The van der Waals surface area contributed by atoms with E-state index in [1.807, 2.05) is 25.1 Å².